The van der Waals surface area contributed by atoms with Gasteiger partial charge in [-0.2, -0.15) is 0 Å². The Kier molecular flexibility index (Phi) is 7.28. The Balaban J connectivity index is 1.58. The van der Waals surface area contributed by atoms with Crippen LogP contribution in [0.4, 0.5) is 5.69 Å². The molecule has 0 unspecified atom stereocenters. The van der Waals surface area contributed by atoms with Crippen molar-refractivity contribution < 1.29 is 19.2 Å². The minimum Gasteiger partial charge on any atom is -0.369 e. The van der Waals surface area contributed by atoms with Gasteiger partial charge >= 0.3 is 0 Å². The SMILES string of the molecule is NC(=O)C1CCN(C(=O)CN2CCNC(=O)[C@H]2CC(=O)Nc2ccccc2Cl)CC1. The number of para-hydroxylation sites is 1. The average molecular weight is 436 g/mol. The molecule has 162 valence electrons. The van der Waals surface area contributed by atoms with Crippen LogP contribution in [0.2, 0.25) is 5.02 Å². The lowest BCUT2D eigenvalue weighted by atomic mass is 9.96. The van der Waals surface area contributed by atoms with Crippen LogP contribution in [-0.4, -0.2) is 72.2 Å². The van der Waals surface area contributed by atoms with Crippen molar-refractivity contribution in [3.63, 3.8) is 0 Å². The molecular formula is C20H26ClN5O4. The van der Waals surface area contributed by atoms with E-state index >= 15 is 0 Å². The predicted octanol–water partition coefficient (Wildman–Crippen LogP) is 0.193. The van der Waals surface area contributed by atoms with Gasteiger partial charge < -0.3 is 21.3 Å². The number of carbonyl (C=O) groups excluding carboxylic acids is 4. The smallest absolute Gasteiger partial charge is 0.237 e. The molecule has 2 aliphatic heterocycles. The van der Waals surface area contributed by atoms with Gasteiger partial charge in [-0.15, -0.1) is 0 Å². The molecule has 0 radical (unpaired) electrons. The Bertz CT molecular complexity index is 825. The number of nitrogens with two attached hydrogens (primary N) is 1. The Morgan fingerprint density at radius 1 is 1.17 bits per heavy atom. The van der Waals surface area contributed by atoms with Crippen molar-refractivity contribution in [1.82, 2.24) is 15.1 Å². The van der Waals surface area contributed by atoms with E-state index in [9.17, 15) is 19.2 Å². The second kappa shape index (κ2) is 9.90. The van der Waals surface area contributed by atoms with Gasteiger partial charge in [0.1, 0.15) is 0 Å². The summed E-state index contributed by atoms with van der Waals surface area (Å²) in [6.45, 7) is 1.85. The van der Waals surface area contributed by atoms with Crippen molar-refractivity contribution >= 4 is 40.9 Å². The summed E-state index contributed by atoms with van der Waals surface area (Å²) >= 11 is 6.07. The Hall–Kier alpha value is -2.65. The number of nitrogens with one attached hydrogen (secondary N) is 2. The molecule has 4 amide bonds. The summed E-state index contributed by atoms with van der Waals surface area (Å²) in [5, 5.41) is 5.87. The first kappa shape index (κ1) is 22.0. The normalized spacial score (nSPS) is 20.5. The van der Waals surface area contributed by atoms with E-state index in [4.69, 9.17) is 17.3 Å². The van der Waals surface area contributed by atoms with Crippen molar-refractivity contribution in [1.29, 1.82) is 0 Å². The molecular weight excluding hydrogens is 410 g/mol. The molecule has 0 aliphatic carbocycles. The zero-order chi connectivity index (χ0) is 21.7. The van der Waals surface area contributed by atoms with Crippen LogP contribution in [-0.2, 0) is 19.2 Å². The summed E-state index contributed by atoms with van der Waals surface area (Å²) in [7, 11) is 0. The summed E-state index contributed by atoms with van der Waals surface area (Å²) in [6.07, 6.45) is 1.00. The summed E-state index contributed by atoms with van der Waals surface area (Å²) in [5.41, 5.74) is 5.81. The number of likely N-dealkylation sites (tertiary alicyclic amines) is 1. The molecule has 2 aliphatic rings. The van der Waals surface area contributed by atoms with E-state index in [1.54, 1.807) is 34.1 Å². The van der Waals surface area contributed by atoms with Crippen LogP contribution < -0.4 is 16.4 Å². The maximum atomic E-state index is 12.7. The van der Waals surface area contributed by atoms with E-state index in [-0.39, 0.29) is 42.5 Å². The number of hydrogen-bond acceptors (Lipinski definition) is 5. The first-order chi connectivity index (χ1) is 14.3. The molecule has 4 N–H and O–H groups in total. The van der Waals surface area contributed by atoms with Crippen LogP contribution >= 0.6 is 11.6 Å². The fraction of sp³-hybridized carbons (Fsp3) is 0.500. The second-order valence-corrected chi connectivity index (χ2v) is 7.97. The fourth-order valence-corrected chi connectivity index (χ4v) is 3.98. The zero-order valence-corrected chi connectivity index (χ0v) is 17.4. The van der Waals surface area contributed by atoms with Gasteiger partial charge in [-0.3, -0.25) is 24.1 Å². The molecule has 2 heterocycles. The fourth-order valence-electron chi connectivity index (χ4n) is 3.80. The number of halogens is 1. The van der Waals surface area contributed by atoms with Gasteiger partial charge in [0.2, 0.25) is 23.6 Å². The van der Waals surface area contributed by atoms with Crippen LogP contribution in [0.25, 0.3) is 0 Å². The number of anilines is 1. The molecule has 1 aromatic rings. The lowest BCUT2D eigenvalue weighted by Gasteiger charge is -2.37. The molecule has 0 bridgehead atoms. The molecule has 0 spiro atoms. The molecule has 0 aromatic heterocycles. The maximum absolute atomic E-state index is 12.7. The topological polar surface area (TPSA) is 125 Å². The van der Waals surface area contributed by atoms with Crippen molar-refractivity contribution in [2.45, 2.75) is 25.3 Å². The van der Waals surface area contributed by atoms with Crippen molar-refractivity contribution in [2.75, 3.05) is 38.0 Å². The van der Waals surface area contributed by atoms with Gasteiger partial charge in [0.15, 0.2) is 0 Å². The molecule has 30 heavy (non-hydrogen) atoms. The highest BCUT2D eigenvalue weighted by molar-refractivity contribution is 6.33. The Morgan fingerprint density at radius 2 is 1.87 bits per heavy atom. The van der Waals surface area contributed by atoms with Crippen LogP contribution in [0.1, 0.15) is 19.3 Å². The first-order valence-corrected chi connectivity index (χ1v) is 10.4. The molecule has 10 heteroatoms. The molecule has 9 nitrogen and oxygen atoms in total. The summed E-state index contributed by atoms with van der Waals surface area (Å²) < 4.78 is 0. The Labute approximate surface area is 179 Å². The number of benzene rings is 1. The lowest BCUT2D eigenvalue weighted by Crippen LogP contribution is -2.58. The minimum atomic E-state index is -0.742. The minimum absolute atomic E-state index is 0.0404. The van der Waals surface area contributed by atoms with Gasteiger partial charge in [-0.1, -0.05) is 23.7 Å². The highest BCUT2D eigenvalue weighted by atomic mass is 35.5. The van der Waals surface area contributed by atoms with E-state index in [1.807, 2.05) is 0 Å². The molecule has 2 saturated heterocycles. The quantitative estimate of drug-likeness (QED) is 0.588. The third-order valence-corrected chi connectivity index (χ3v) is 5.89. The molecule has 1 aromatic carbocycles. The number of piperazine rings is 1. The summed E-state index contributed by atoms with van der Waals surface area (Å²) in [5.74, 6) is -1.29. The van der Waals surface area contributed by atoms with E-state index in [2.05, 4.69) is 10.6 Å². The highest BCUT2D eigenvalue weighted by Gasteiger charge is 2.34. The molecule has 2 fully saturated rings. The largest absolute Gasteiger partial charge is 0.369 e. The molecule has 3 rings (SSSR count). The zero-order valence-electron chi connectivity index (χ0n) is 16.6. The van der Waals surface area contributed by atoms with Crippen LogP contribution in [0.3, 0.4) is 0 Å². The number of primary amides is 1. The monoisotopic (exact) mass is 435 g/mol. The van der Waals surface area contributed by atoms with Crippen molar-refractivity contribution in [2.24, 2.45) is 11.7 Å². The third-order valence-electron chi connectivity index (χ3n) is 5.56. The van der Waals surface area contributed by atoms with E-state index in [0.29, 0.717) is 49.7 Å². The number of rotatable bonds is 6. The van der Waals surface area contributed by atoms with Crippen LogP contribution in [0, 0.1) is 5.92 Å². The van der Waals surface area contributed by atoms with Crippen molar-refractivity contribution in [3.8, 4) is 0 Å². The van der Waals surface area contributed by atoms with Crippen molar-refractivity contribution in [3.05, 3.63) is 29.3 Å². The van der Waals surface area contributed by atoms with Gasteiger partial charge in [0, 0.05) is 32.1 Å². The van der Waals surface area contributed by atoms with E-state index < -0.39 is 6.04 Å². The van der Waals surface area contributed by atoms with Crippen LogP contribution in [0.15, 0.2) is 24.3 Å². The molecule has 1 atom stereocenters. The maximum Gasteiger partial charge on any atom is 0.237 e. The number of carbonyl (C=O) groups is 4. The second-order valence-electron chi connectivity index (χ2n) is 7.57. The summed E-state index contributed by atoms with van der Waals surface area (Å²) in [4.78, 5) is 52.3. The molecule has 0 saturated carbocycles. The number of hydrogen-bond donors (Lipinski definition) is 3. The summed E-state index contributed by atoms with van der Waals surface area (Å²) in [6, 6.07) is 6.11. The lowest BCUT2D eigenvalue weighted by molar-refractivity contribution is -0.140. The van der Waals surface area contributed by atoms with Gasteiger partial charge in [-0.25, -0.2) is 0 Å². The standard InChI is InChI=1S/C20H26ClN5O4/c21-14-3-1-2-4-15(14)24-17(27)11-16-20(30)23-7-10-26(16)12-18(28)25-8-5-13(6-9-25)19(22)29/h1-4,13,16H,5-12H2,(H2,22,29)(H,23,30)(H,24,27)/t16-/m1/s1. The van der Waals surface area contributed by atoms with E-state index in [1.165, 1.54) is 0 Å². The number of piperidine rings is 1. The highest BCUT2D eigenvalue weighted by Crippen LogP contribution is 2.21. The van der Waals surface area contributed by atoms with Gasteiger partial charge in [-0.05, 0) is 25.0 Å². The average Bonchev–Trinajstić information content (AvgIpc) is 2.72. The first-order valence-electron chi connectivity index (χ1n) is 9.98. The predicted molar refractivity (Wildman–Crippen MR) is 112 cm³/mol. The Morgan fingerprint density at radius 3 is 2.53 bits per heavy atom. The number of nitrogens with zero attached hydrogens (tertiary/aromatic N) is 2. The van der Waals surface area contributed by atoms with E-state index in [0.717, 1.165) is 0 Å². The van der Waals surface area contributed by atoms with Crippen LogP contribution in [0.5, 0.6) is 0 Å². The van der Waals surface area contributed by atoms with Gasteiger partial charge in [0.25, 0.3) is 0 Å². The third kappa shape index (κ3) is 5.48. The van der Waals surface area contributed by atoms with Gasteiger partial charge in [0.05, 0.1) is 29.7 Å². The number of amides is 4.